The van der Waals surface area contributed by atoms with Crippen LogP contribution in [0.15, 0.2) is 59.5 Å². The molecule has 0 aromatic heterocycles. The highest BCUT2D eigenvalue weighted by molar-refractivity contribution is 8.18. The molecule has 2 aliphatic heterocycles. The summed E-state index contributed by atoms with van der Waals surface area (Å²) in [5, 5.41) is 0.278. The predicted molar refractivity (Wildman–Crippen MR) is 131 cm³/mol. The van der Waals surface area contributed by atoms with Gasteiger partial charge in [0.15, 0.2) is 11.5 Å². The fourth-order valence-corrected chi connectivity index (χ4v) is 4.79. The number of thioether (sulfide) groups is 1. The van der Waals surface area contributed by atoms with E-state index in [4.69, 9.17) is 37.4 Å². The van der Waals surface area contributed by atoms with Gasteiger partial charge in [0.2, 0.25) is 6.79 Å². The monoisotopic (exact) mass is 531 g/mol. The Balaban J connectivity index is 1.26. The first kappa shape index (κ1) is 23.5. The molecule has 0 spiro atoms. The zero-order valence-corrected chi connectivity index (χ0v) is 20.3. The predicted octanol–water partition coefficient (Wildman–Crippen LogP) is 6.68. The van der Waals surface area contributed by atoms with Crippen LogP contribution in [0.1, 0.15) is 16.7 Å². The van der Waals surface area contributed by atoms with Crippen LogP contribution < -0.4 is 14.2 Å². The molecule has 2 heterocycles. The van der Waals surface area contributed by atoms with Gasteiger partial charge in [-0.1, -0.05) is 41.4 Å². The molecule has 10 heteroatoms. The summed E-state index contributed by atoms with van der Waals surface area (Å²) < 4.78 is 30.2. The Morgan fingerprint density at radius 2 is 1.77 bits per heavy atom. The average Bonchev–Trinajstić information content (AvgIpc) is 3.39. The number of carbonyl (C=O) groups excluding carboxylic acids is 2. The lowest BCUT2D eigenvalue weighted by molar-refractivity contribution is -0.123. The first-order valence-corrected chi connectivity index (χ1v) is 12.0. The largest absolute Gasteiger partial charge is 0.489 e. The van der Waals surface area contributed by atoms with E-state index < -0.39 is 17.0 Å². The number of rotatable bonds is 6. The molecule has 3 aromatic rings. The number of fused-ring (bicyclic) bond motifs is 1. The molecule has 178 valence electrons. The Bertz CT molecular complexity index is 1340. The van der Waals surface area contributed by atoms with E-state index in [2.05, 4.69) is 0 Å². The van der Waals surface area contributed by atoms with Gasteiger partial charge in [-0.2, -0.15) is 0 Å². The number of hydrogen-bond donors (Lipinski definition) is 0. The Hall–Kier alpha value is -3.20. The van der Waals surface area contributed by atoms with E-state index in [1.54, 1.807) is 48.5 Å². The Labute approximate surface area is 214 Å². The van der Waals surface area contributed by atoms with E-state index in [-0.39, 0.29) is 25.5 Å². The van der Waals surface area contributed by atoms with E-state index in [1.807, 2.05) is 0 Å². The van der Waals surface area contributed by atoms with Gasteiger partial charge < -0.3 is 14.2 Å². The third-order valence-electron chi connectivity index (χ3n) is 5.37. The fourth-order valence-electron chi connectivity index (χ4n) is 3.52. The molecular formula is C25H16Cl2FNO5S. The van der Waals surface area contributed by atoms with Gasteiger partial charge in [-0.3, -0.25) is 14.5 Å². The molecule has 0 atom stereocenters. The molecule has 3 aromatic carbocycles. The van der Waals surface area contributed by atoms with Crippen molar-refractivity contribution in [3.8, 4) is 17.2 Å². The van der Waals surface area contributed by atoms with Crippen LogP contribution in [-0.2, 0) is 17.9 Å². The molecule has 0 aliphatic carbocycles. The lowest BCUT2D eigenvalue weighted by Gasteiger charge is -2.14. The molecule has 35 heavy (non-hydrogen) atoms. The molecular weight excluding hydrogens is 516 g/mol. The summed E-state index contributed by atoms with van der Waals surface area (Å²) >= 11 is 13.2. The van der Waals surface area contributed by atoms with Crippen molar-refractivity contribution in [2.45, 2.75) is 13.2 Å². The normalized spacial score (nSPS) is 15.9. The van der Waals surface area contributed by atoms with Crippen LogP contribution in [0.3, 0.4) is 0 Å². The molecule has 5 rings (SSSR count). The number of amides is 2. The molecule has 0 N–H and O–H groups in total. The third kappa shape index (κ3) is 4.96. The van der Waals surface area contributed by atoms with Crippen molar-refractivity contribution in [1.29, 1.82) is 0 Å². The third-order valence-corrected chi connectivity index (χ3v) is 6.98. The van der Waals surface area contributed by atoms with Gasteiger partial charge in [-0.05, 0) is 59.3 Å². The summed E-state index contributed by atoms with van der Waals surface area (Å²) in [6.45, 7) is 0.0924. The van der Waals surface area contributed by atoms with Crippen molar-refractivity contribution < 1.29 is 28.2 Å². The summed E-state index contributed by atoms with van der Waals surface area (Å²) in [6, 6.07) is 14.6. The van der Waals surface area contributed by atoms with Crippen LogP contribution in [0.2, 0.25) is 10.0 Å². The lowest BCUT2D eigenvalue weighted by Crippen LogP contribution is -2.27. The second kappa shape index (κ2) is 9.81. The maximum atomic E-state index is 13.9. The van der Waals surface area contributed by atoms with Gasteiger partial charge in [0.25, 0.3) is 11.1 Å². The molecule has 0 bridgehead atoms. The minimum absolute atomic E-state index is 0.0167. The van der Waals surface area contributed by atoms with E-state index in [1.165, 1.54) is 12.1 Å². The molecule has 0 saturated carbocycles. The van der Waals surface area contributed by atoms with E-state index in [9.17, 15) is 14.0 Å². The summed E-state index contributed by atoms with van der Waals surface area (Å²) in [7, 11) is 0. The first-order chi connectivity index (χ1) is 16.9. The minimum atomic E-state index is -0.438. The fraction of sp³-hybridized carbons (Fsp3) is 0.120. The maximum absolute atomic E-state index is 13.9. The van der Waals surface area contributed by atoms with Crippen molar-refractivity contribution in [3.05, 3.63) is 92.1 Å². The standard InChI is InChI=1S/C25H16Cl2FNO5S/c26-18-2-1-3-20(28)17(18)12-32-16-6-4-14(5-7-16)8-23-24(30)29(25(31)35-23)11-15-9-21-22(10-19(15)27)34-13-33-21/h1-10H,11-13H2/b23-8+. The highest BCUT2D eigenvalue weighted by atomic mass is 35.5. The number of carbonyl (C=O) groups is 2. The van der Waals surface area contributed by atoms with Gasteiger partial charge in [0.05, 0.1) is 16.5 Å². The van der Waals surface area contributed by atoms with Gasteiger partial charge in [-0.15, -0.1) is 0 Å². The maximum Gasteiger partial charge on any atom is 0.293 e. The summed E-state index contributed by atoms with van der Waals surface area (Å²) in [5.74, 6) is 0.700. The number of benzene rings is 3. The second-order valence-electron chi connectivity index (χ2n) is 7.62. The summed E-state index contributed by atoms with van der Waals surface area (Å²) in [6.07, 6.45) is 1.63. The molecule has 0 radical (unpaired) electrons. The quantitative estimate of drug-likeness (QED) is 0.330. The van der Waals surface area contributed by atoms with Crippen LogP contribution in [0.5, 0.6) is 17.2 Å². The Morgan fingerprint density at radius 1 is 1.03 bits per heavy atom. The number of ether oxygens (including phenoxy) is 3. The second-order valence-corrected chi connectivity index (χ2v) is 9.43. The summed E-state index contributed by atoms with van der Waals surface area (Å²) in [4.78, 5) is 26.9. The average molecular weight is 532 g/mol. The molecule has 2 aliphatic rings. The zero-order valence-electron chi connectivity index (χ0n) is 17.9. The number of nitrogens with zero attached hydrogens (tertiary/aromatic N) is 1. The van der Waals surface area contributed by atoms with Gasteiger partial charge >= 0.3 is 0 Å². The highest BCUT2D eigenvalue weighted by Gasteiger charge is 2.35. The van der Waals surface area contributed by atoms with Crippen molar-refractivity contribution in [3.63, 3.8) is 0 Å². The van der Waals surface area contributed by atoms with Crippen LogP contribution in [0.25, 0.3) is 6.08 Å². The Kier molecular flexibility index (Phi) is 6.60. The van der Waals surface area contributed by atoms with Gasteiger partial charge in [0, 0.05) is 16.7 Å². The zero-order chi connectivity index (χ0) is 24.5. The van der Waals surface area contributed by atoms with Crippen LogP contribution in [0.4, 0.5) is 9.18 Å². The van der Waals surface area contributed by atoms with Crippen molar-refractivity contribution in [2.75, 3.05) is 6.79 Å². The SMILES string of the molecule is O=C1S/C(=C/c2ccc(OCc3c(F)cccc3Cl)cc2)C(=O)N1Cc1cc2c(cc1Cl)OCO2. The smallest absolute Gasteiger partial charge is 0.293 e. The molecule has 1 fully saturated rings. The van der Waals surface area contributed by atoms with Gasteiger partial charge in [0.1, 0.15) is 18.2 Å². The topological polar surface area (TPSA) is 65.1 Å². The van der Waals surface area contributed by atoms with E-state index in [0.29, 0.717) is 43.3 Å². The molecule has 6 nitrogen and oxygen atoms in total. The highest BCUT2D eigenvalue weighted by Crippen LogP contribution is 2.39. The van der Waals surface area contributed by atoms with Crippen LogP contribution in [-0.4, -0.2) is 22.8 Å². The van der Waals surface area contributed by atoms with E-state index in [0.717, 1.165) is 16.7 Å². The van der Waals surface area contributed by atoms with Crippen LogP contribution >= 0.6 is 35.0 Å². The molecule has 2 amide bonds. The van der Waals surface area contributed by atoms with Gasteiger partial charge in [-0.25, -0.2) is 4.39 Å². The first-order valence-electron chi connectivity index (χ1n) is 10.4. The molecule has 0 unspecified atom stereocenters. The number of halogens is 3. The van der Waals surface area contributed by atoms with Crippen molar-refractivity contribution in [1.82, 2.24) is 4.90 Å². The van der Waals surface area contributed by atoms with E-state index >= 15 is 0 Å². The van der Waals surface area contributed by atoms with Crippen molar-refractivity contribution >= 4 is 52.2 Å². The van der Waals surface area contributed by atoms with Crippen molar-refractivity contribution in [2.24, 2.45) is 0 Å². The number of hydrogen-bond acceptors (Lipinski definition) is 6. The summed E-state index contributed by atoms with van der Waals surface area (Å²) in [5.41, 5.74) is 1.55. The minimum Gasteiger partial charge on any atom is -0.489 e. The Morgan fingerprint density at radius 3 is 2.51 bits per heavy atom. The lowest BCUT2D eigenvalue weighted by atomic mass is 10.1. The molecule has 1 saturated heterocycles. The number of imide groups is 1. The van der Waals surface area contributed by atoms with Crippen LogP contribution in [0, 0.1) is 5.82 Å².